The Morgan fingerprint density at radius 2 is 1.38 bits per heavy atom. The molecule has 0 aliphatic rings. The lowest BCUT2D eigenvalue weighted by molar-refractivity contribution is 0.324. The molecule has 0 fully saturated rings. The third-order valence-corrected chi connectivity index (χ3v) is 2.93. The lowest BCUT2D eigenvalue weighted by Crippen LogP contribution is -2.35. The van der Waals surface area contributed by atoms with Gasteiger partial charge < -0.3 is 24.0 Å². The summed E-state index contributed by atoms with van der Waals surface area (Å²) >= 11 is 0. The summed E-state index contributed by atoms with van der Waals surface area (Å²) in [5.41, 5.74) is 0.991. The molecule has 0 aliphatic carbocycles. The topological polar surface area (TPSA) is 46.5 Å². The van der Waals surface area contributed by atoms with Gasteiger partial charge in [-0.25, -0.2) is 4.99 Å². The summed E-state index contributed by atoms with van der Waals surface area (Å²) in [6.07, 6.45) is 0. The Kier molecular flexibility index (Phi) is 6.14. The number of guanidine groups is 1. The highest BCUT2D eigenvalue weighted by Crippen LogP contribution is 2.38. The van der Waals surface area contributed by atoms with Gasteiger partial charge in [-0.05, 0) is 17.7 Å². The highest BCUT2D eigenvalue weighted by atomic mass is 16.5. The zero-order chi connectivity index (χ0) is 16.0. The molecule has 6 heteroatoms. The van der Waals surface area contributed by atoms with Crippen LogP contribution in [0.25, 0.3) is 0 Å². The van der Waals surface area contributed by atoms with Crippen molar-refractivity contribution in [3.8, 4) is 17.2 Å². The maximum absolute atomic E-state index is 5.35. The Bertz CT molecular complexity index is 464. The summed E-state index contributed by atoms with van der Waals surface area (Å²) in [5.74, 6) is 2.76. The van der Waals surface area contributed by atoms with Gasteiger partial charge in [0.05, 0.1) is 27.9 Å². The van der Waals surface area contributed by atoms with Crippen molar-refractivity contribution in [2.24, 2.45) is 4.99 Å². The van der Waals surface area contributed by atoms with E-state index in [1.54, 1.807) is 21.3 Å². The number of hydrogen-bond donors (Lipinski definition) is 0. The average molecular weight is 295 g/mol. The van der Waals surface area contributed by atoms with Crippen molar-refractivity contribution in [1.29, 1.82) is 0 Å². The maximum Gasteiger partial charge on any atom is 0.203 e. The normalized spacial score (nSPS) is 9.86. The summed E-state index contributed by atoms with van der Waals surface area (Å²) in [7, 11) is 12.7. The fraction of sp³-hybridized carbons (Fsp3) is 0.533. The summed E-state index contributed by atoms with van der Waals surface area (Å²) < 4.78 is 16.0. The van der Waals surface area contributed by atoms with Crippen LogP contribution in [0.2, 0.25) is 0 Å². The number of aliphatic imine (C=N–C) groups is 1. The number of hydrogen-bond acceptors (Lipinski definition) is 4. The lowest BCUT2D eigenvalue weighted by Gasteiger charge is -2.22. The van der Waals surface area contributed by atoms with Gasteiger partial charge >= 0.3 is 0 Å². The minimum Gasteiger partial charge on any atom is -0.493 e. The number of nitrogens with zero attached hydrogens (tertiary/aromatic N) is 3. The molecule has 1 aromatic carbocycles. The van der Waals surface area contributed by atoms with Crippen molar-refractivity contribution in [2.75, 3.05) is 49.5 Å². The molecule has 0 radical (unpaired) electrons. The molecule has 0 amide bonds. The van der Waals surface area contributed by atoms with E-state index >= 15 is 0 Å². The first-order chi connectivity index (χ1) is 9.94. The van der Waals surface area contributed by atoms with Gasteiger partial charge in [0.2, 0.25) is 5.75 Å². The summed E-state index contributed by atoms with van der Waals surface area (Å²) in [4.78, 5) is 8.56. The van der Waals surface area contributed by atoms with E-state index in [-0.39, 0.29) is 0 Å². The highest BCUT2D eigenvalue weighted by molar-refractivity contribution is 5.79. The van der Waals surface area contributed by atoms with E-state index in [1.807, 2.05) is 50.1 Å². The largest absolute Gasteiger partial charge is 0.493 e. The molecule has 0 spiro atoms. The molecule has 0 aliphatic heterocycles. The van der Waals surface area contributed by atoms with E-state index in [9.17, 15) is 0 Å². The molecular weight excluding hydrogens is 270 g/mol. The summed E-state index contributed by atoms with van der Waals surface area (Å²) in [6, 6.07) is 3.82. The molecule has 0 saturated carbocycles. The molecule has 1 rings (SSSR count). The predicted octanol–water partition coefficient (Wildman–Crippen LogP) is 1.69. The smallest absolute Gasteiger partial charge is 0.203 e. The van der Waals surface area contributed by atoms with Gasteiger partial charge in [0.25, 0.3) is 0 Å². The molecule has 0 bridgehead atoms. The Balaban J connectivity index is 3.12. The van der Waals surface area contributed by atoms with E-state index in [1.165, 1.54) is 0 Å². The molecule has 0 aromatic heterocycles. The molecule has 0 heterocycles. The van der Waals surface area contributed by atoms with Gasteiger partial charge in [-0.1, -0.05) is 0 Å². The van der Waals surface area contributed by atoms with Crippen molar-refractivity contribution in [3.05, 3.63) is 17.7 Å². The van der Waals surface area contributed by atoms with E-state index in [0.29, 0.717) is 23.8 Å². The molecule has 0 N–H and O–H groups in total. The molecule has 21 heavy (non-hydrogen) atoms. The van der Waals surface area contributed by atoms with E-state index in [0.717, 1.165) is 11.5 Å². The molecule has 1 aromatic rings. The number of methoxy groups -OCH3 is 3. The number of ether oxygens (including phenoxy) is 3. The second kappa shape index (κ2) is 7.61. The molecule has 0 saturated heterocycles. The third kappa shape index (κ3) is 4.18. The third-order valence-electron chi connectivity index (χ3n) is 2.93. The zero-order valence-electron chi connectivity index (χ0n) is 13.9. The number of rotatable bonds is 5. The SMILES string of the molecule is COc1cc(CN=C(N(C)C)N(C)C)cc(OC)c1OC. The van der Waals surface area contributed by atoms with Crippen LogP contribution in [0.4, 0.5) is 0 Å². The minimum atomic E-state index is 0.530. The standard InChI is InChI=1S/C15H25N3O3/c1-17(2)15(18(3)4)16-10-11-8-12(19-5)14(21-7)13(9-11)20-6/h8-9H,10H2,1-7H3. The summed E-state index contributed by atoms with van der Waals surface area (Å²) in [6.45, 7) is 0.530. The van der Waals surface area contributed by atoms with Crippen LogP contribution in [0.5, 0.6) is 17.2 Å². The number of benzene rings is 1. The van der Waals surface area contributed by atoms with Crippen LogP contribution < -0.4 is 14.2 Å². The van der Waals surface area contributed by atoms with Crippen molar-refractivity contribution in [3.63, 3.8) is 0 Å². The molecule has 118 valence electrons. The van der Waals surface area contributed by atoms with Crippen LogP contribution in [-0.2, 0) is 6.54 Å². The lowest BCUT2D eigenvalue weighted by atomic mass is 10.2. The quantitative estimate of drug-likeness (QED) is 0.611. The van der Waals surface area contributed by atoms with Crippen LogP contribution in [0.15, 0.2) is 17.1 Å². The fourth-order valence-electron chi connectivity index (χ4n) is 2.07. The maximum atomic E-state index is 5.35. The Labute approximate surface area is 126 Å². The monoisotopic (exact) mass is 295 g/mol. The molecular formula is C15H25N3O3. The van der Waals surface area contributed by atoms with Gasteiger partial charge in [0.1, 0.15) is 0 Å². The van der Waals surface area contributed by atoms with Gasteiger partial charge in [0.15, 0.2) is 17.5 Å². The zero-order valence-corrected chi connectivity index (χ0v) is 13.9. The van der Waals surface area contributed by atoms with Gasteiger partial charge in [0, 0.05) is 28.2 Å². The molecule has 6 nitrogen and oxygen atoms in total. The van der Waals surface area contributed by atoms with E-state index in [2.05, 4.69) is 4.99 Å². The molecule has 0 unspecified atom stereocenters. The Morgan fingerprint density at radius 3 is 1.71 bits per heavy atom. The second-order valence-electron chi connectivity index (χ2n) is 4.94. The van der Waals surface area contributed by atoms with E-state index in [4.69, 9.17) is 14.2 Å². The van der Waals surface area contributed by atoms with Crippen LogP contribution in [-0.4, -0.2) is 65.3 Å². The molecule has 0 atom stereocenters. The fourth-order valence-corrected chi connectivity index (χ4v) is 2.07. The Morgan fingerprint density at radius 1 is 0.905 bits per heavy atom. The van der Waals surface area contributed by atoms with Gasteiger partial charge in [-0.2, -0.15) is 0 Å². The summed E-state index contributed by atoms with van der Waals surface area (Å²) in [5, 5.41) is 0. The first-order valence-corrected chi connectivity index (χ1v) is 6.62. The van der Waals surface area contributed by atoms with Crippen LogP contribution in [0.1, 0.15) is 5.56 Å². The minimum absolute atomic E-state index is 0.530. The first-order valence-electron chi connectivity index (χ1n) is 6.62. The van der Waals surface area contributed by atoms with Crippen LogP contribution in [0.3, 0.4) is 0 Å². The van der Waals surface area contributed by atoms with Crippen molar-refractivity contribution in [1.82, 2.24) is 9.80 Å². The Hall–Kier alpha value is -2.11. The first kappa shape index (κ1) is 16.9. The van der Waals surface area contributed by atoms with Gasteiger partial charge in [-0.3, -0.25) is 0 Å². The predicted molar refractivity (Wildman–Crippen MR) is 84.6 cm³/mol. The second-order valence-corrected chi connectivity index (χ2v) is 4.94. The van der Waals surface area contributed by atoms with Gasteiger partial charge in [-0.15, -0.1) is 0 Å². The van der Waals surface area contributed by atoms with Crippen molar-refractivity contribution < 1.29 is 14.2 Å². The van der Waals surface area contributed by atoms with Crippen LogP contribution in [0, 0.1) is 0 Å². The van der Waals surface area contributed by atoms with Crippen LogP contribution >= 0.6 is 0 Å². The van der Waals surface area contributed by atoms with Crippen molar-refractivity contribution in [2.45, 2.75) is 6.54 Å². The average Bonchev–Trinajstić information content (AvgIpc) is 2.45. The van der Waals surface area contributed by atoms with Crippen molar-refractivity contribution >= 4 is 5.96 Å². The highest BCUT2D eigenvalue weighted by Gasteiger charge is 2.13. The van der Waals surface area contributed by atoms with E-state index < -0.39 is 0 Å².